The number of nitrogens with zero attached hydrogens (tertiary/aromatic N) is 4. The molecule has 0 aliphatic heterocycles. The number of benzene rings is 1. The number of hydrogen-bond donors (Lipinski definition) is 0. The summed E-state index contributed by atoms with van der Waals surface area (Å²) in [7, 11) is 3.15. The molecule has 1 aromatic carbocycles. The van der Waals surface area contributed by atoms with Crippen LogP contribution in [0.5, 0.6) is 11.8 Å². The van der Waals surface area contributed by atoms with Gasteiger partial charge in [0, 0.05) is 11.4 Å². The van der Waals surface area contributed by atoms with Crippen molar-refractivity contribution in [3.05, 3.63) is 65.2 Å². The van der Waals surface area contributed by atoms with Gasteiger partial charge in [0.2, 0.25) is 11.8 Å². The lowest BCUT2D eigenvalue weighted by atomic mass is 10.1. The fourth-order valence-corrected chi connectivity index (χ4v) is 3.60. The minimum atomic E-state index is -0.193. The summed E-state index contributed by atoms with van der Waals surface area (Å²) < 4.78 is 10.6. The molecule has 2 heterocycles. The first kappa shape index (κ1) is 18.1. The van der Waals surface area contributed by atoms with Gasteiger partial charge in [0.05, 0.1) is 25.5 Å². The van der Waals surface area contributed by atoms with Crippen LogP contribution in [0.25, 0.3) is 0 Å². The minimum absolute atomic E-state index is 0.193. The van der Waals surface area contributed by atoms with Crippen molar-refractivity contribution in [2.24, 2.45) is 0 Å². The molecule has 0 fully saturated rings. The van der Waals surface area contributed by atoms with E-state index in [0.29, 0.717) is 22.7 Å². The molecule has 0 N–H and O–H groups in total. The van der Waals surface area contributed by atoms with Crippen LogP contribution in [0.2, 0.25) is 0 Å². The van der Waals surface area contributed by atoms with Crippen molar-refractivity contribution in [2.45, 2.75) is 24.3 Å². The SMILES string of the molecule is COc1cc(OC)nc(C(Sc2nc(C)cc(C)n2)c2ccccc2)n1. The molecule has 1 unspecified atom stereocenters. The summed E-state index contributed by atoms with van der Waals surface area (Å²) in [5, 5.41) is 0.489. The molecule has 1 atom stereocenters. The van der Waals surface area contributed by atoms with Crippen LogP contribution in [0.15, 0.2) is 47.6 Å². The van der Waals surface area contributed by atoms with Crippen LogP contribution >= 0.6 is 11.8 Å². The average Bonchev–Trinajstić information content (AvgIpc) is 2.65. The van der Waals surface area contributed by atoms with E-state index in [1.807, 2.05) is 50.2 Å². The lowest BCUT2D eigenvalue weighted by molar-refractivity contribution is 0.368. The lowest BCUT2D eigenvalue weighted by Crippen LogP contribution is -2.07. The second kappa shape index (κ2) is 8.14. The van der Waals surface area contributed by atoms with Gasteiger partial charge < -0.3 is 9.47 Å². The molecule has 26 heavy (non-hydrogen) atoms. The third-order valence-corrected chi connectivity index (χ3v) is 4.75. The summed E-state index contributed by atoms with van der Waals surface area (Å²) >= 11 is 1.50. The number of aromatic nitrogens is 4. The van der Waals surface area contributed by atoms with Crippen LogP contribution in [0.4, 0.5) is 0 Å². The van der Waals surface area contributed by atoms with Crippen molar-refractivity contribution in [3.8, 4) is 11.8 Å². The second-order valence-electron chi connectivity index (χ2n) is 5.65. The highest BCUT2D eigenvalue weighted by Crippen LogP contribution is 2.38. The smallest absolute Gasteiger partial charge is 0.220 e. The lowest BCUT2D eigenvalue weighted by Gasteiger charge is -2.16. The zero-order valence-corrected chi connectivity index (χ0v) is 15.9. The van der Waals surface area contributed by atoms with E-state index in [-0.39, 0.29) is 5.25 Å². The van der Waals surface area contributed by atoms with Gasteiger partial charge >= 0.3 is 0 Å². The molecule has 3 rings (SSSR count). The molecule has 0 saturated carbocycles. The first-order valence-corrected chi connectivity index (χ1v) is 8.98. The highest BCUT2D eigenvalue weighted by molar-refractivity contribution is 7.99. The summed E-state index contributed by atoms with van der Waals surface area (Å²) in [5.74, 6) is 1.49. The normalized spacial score (nSPS) is 11.8. The number of methoxy groups -OCH3 is 2. The molecule has 0 bridgehead atoms. The zero-order valence-electron chi connectivity index (χ0n) is 15.1. The molecule has 3 aromatic rings. The van der Waals surface area contributed by atoms with Crippen LogP contribution in [0.1, 0.15) is 28.0 Å². The van der Waals surface area contributed by atoms with Crippen molar-refractivity contribution in [1.29, 1.82) is 0 Å². The molecule has 2 aromatic heterocycles. The first-order valence-electron chi connectivity index (χ1n) is 8.10. The molecular formula is C19H20N4O2S. The van der Waals surface area contributed by atoms with Crippen LogP contribution < -0.4 is 9.47 Å². The molecule has 7 heteroatoms. The largest absolute Gasteiger partial charge is 0.481 e. The second-order valence-corrected chi connectivity index (χ2v) is 6.72. The first-order chi connectivity index (χ1) is 12.6. The van der Waals surface area contributed by atoms with Gasteiger partial charge in [0.1, 0.15) is 0 Å². The third kappa shape index (κ3) is 4.29. The summed E-state index contributed by atoms with van der Waals surface area (Å²) in [6.45, 7) is 3.92. The van der Waals surface area contributed by atoms with Gasteiger partial charge in [-0.05, 0) is 25.5 Å². The molecular weight excluding hydrogens is 348 g/mol. The van der Waals surface area contributed by atoms with Gasteiger partial charge in [-0.1, -0.05) is 42.1 Å². The molecule has 6 nitrogen and oxygen atoms in total. The number of hydrogen-bond acceptors (Lipinski definition) is 7. The van der Waals surface area contributed by atoms with Crippen LogP contribution in [0.3, 0.4) is 0 Å². The Hall–Kier alpha value is -2.67. The standard InChI is InChI=1S/C19H20N4O2S/c1-12-10-13(2)21-19(20-12)26-17(14-8-6-5-7-9-14)18-22-15(24-3)11-16(23-18)25-4/h5-11,17H,1-4H3. The maximum absolute atomic E-state index is 5.30. The Morgan fingerprint density at radius 1 is 0.808 bits per heavy atom. The maximum atomic E-state index is 5.30. The quantitative estimate of drug-likeness (QED) is 0.484. The Balaban J connectivity index is 2.07. The van der Waals surface area contributed by atoms with E-state index in [1.54, 1.807) is 20.3 Å². The fraction of sp³-hybridized carbons (Fsp3) is 0.263. The molecule has 0 aliphatic carbocycles. The van der Waals surface area contributed by atoms with E-state index in [1.165, 1.54) is 11.8 Å². The number of thioether (sulfide) groups is 1. The van der Waals surface area contributed by atoms with E-state index in [2.05, 4.69) is 19.9 Å². The Morgan fingerprint density at radius 2 is 1.38 bits per heavy atom. The topological polar surface area (TPSA) is 70.0 Å². The number of ether oxygens (including phenoxy) is 2. The molecule has 0 saturated heterocycles. The number of aryl methyl sites for hydroxylation is 2. The van der Waals surface area contributed by atoms with Crippen molar-refractivity contribution in [3.63, 3.8) is 0 Å². The van der Waals surface area contributed by atoms with Gasteiger partial charge in [-0.2, -0.15) is 9.97 Å². The van der Waals surface area contributed by atoms with E-state index >= 15 is 0 Å². The molecule has 0 radical (unpaired) electrons. The fourth-order valence-electron chi connectivity index (χ4n) is 2.50. The Labute approximate surface area is 157 Å². The zero-order chi connectivity index (χ0) is 18.5. The van der Waals surface area contributed by atoms with Crippen molar-refractivity contribution < 1.29 is 9.47 Å². The van der Waals surface area contributed by atoms with Gasteiger partial charge in [-0.3, -0.25) is 0 Å². The third-order valence-electron chi connectivity index (χ3n) is 3.64. The summed E-state index contributed by atoms with van der Waals surface area (Å²) in [6.07, 6.45) is 0. The van der Waals surface area contributed by atoms with E-state index in [9.17, 15) is 0 Å². The van der Waals surface area contributed by atoms with Crippen LogP contribution in [-0.2, 0) is 0 Å². The van der Waals surface area contributed by atoms with E-state index in [0.717, 1.165) is 17.0 Å². The van der Waals surface area contributed by atoms with Gasteiger partial charge in [-0.15, -0.1) is 0 Å². The highest BCUT2D eigenvalue weighted by atomic mass is 32.2. The predicted molar refractivity (Wildman–Crippen MR) is 101 cm³/mol. The average molecular weight is 368 g/mol. The summed E-state index contributed by atoms with van der Waals surface area (Å²) in [4.78, 5) is 18.1. The van der Waals surface area contributed by atoms with E-state index in [4.69, 9.17) is 9.47 Å². The predicted octanol–water partition coefficient (Wildman–Crippen LogP) is 3.78. The van der Waals surface area contributed by atoms with Crippen LogP contribution in [0, 0.1) is 13.8 Å². The summed E-state index contributed by atoms with van der Waals surface area (Å²) in [6, 6.07) is 13.6. The monoisotopic (exact) mass is 368 g/mol. The minimum Gasteiger partial charge on any atom is -0.481 e. The van der Waals surface area contributed by atoms with Gasteiger partial charge in [0.15, 0.2) is 11.0 Å². The highest BCUT2D eigenvalue weighted by Gasteiger charge is 2.22. The number of rotatable bonds is 6. The Kier molecular flexibility index (Phi) is 5.68. The van der Waals surface area contributed by atoms with E-state index < -0.39 is 0 Å². The Morgan fingerprint density at radius 3 is 1.92 bits per heavy atom. The van der Waals surface area contributed by atoms with Crippen molar-refractivity contribution >= 4 is 11.8 Å². The van der Waals surface area contributed by atoms with Crippen molar-refractivity contribution in [1.82, 2.24) is 19.9 Å². The molecule has 0 amide bonds. The molecule has 0 spiro atoms. The van der Waals surface area contributed by atoms with Gasteiger partial charge in [0.25, 0.3) is 0 Å². The Bertz CT molecular complexity index is 847. The molecule has 134 valence electrons. The van der Waals surface area contributed by atoms with Crippen molar-refractivity contribution in [2.75, 3.05) is 14.2 Å². The van der Waals surface area contributed by atoms with Gasteiger partial charge in [-0.25, -0.2) is 9.97 Å². The maximum Gasteiger partial charge on any atom is 0.220 e. The van der Waals surface area contributed by atoms with Crippen LogP contribution in [-0.4, -0.2) is 34.2 Å². The molecule has 0 aliphatic rings. The summed E-state index contributed by atoms with van der Waals surface area (Å²) in [5.41, 5.74) is 2.91.